The molecule has 0 heterocycles. The predicted octanol–water partition coefficient (Wildman–Crippen LogP) is 4.26. The Morgan fingerprint density at radius 2 is 1.80 bits per heavy atom. The van der Waals surface area contributed by atoms with Crippen LogP contribution in [0.1, 0.15) is 33.6 Å². The Hall–Kier alpha value is 0.240. The van der Waals surface area contributed by atoms with Crippen LogP contribution in [0.5, 0.6) is 0 Å². The lowest BCUT2D eigenvalue weighted by Gasteiger charge is -2.12. The monoisotopic (exact) mass is 252 g/mol. The van der Waals surface area contributed by atoms with E-state index in [2.05, 4.69) is 6.92 Å². The Balaban J connectivity index is 3.98. The second-order valence-corrected chi connectivity index (χ2v) is 5.79. The second kappa shape index (κ2) is 9.46. The maximum atomic E-state index is 11.9. The SMILES string of the molecule is CCCCS/C=C/P(=O)(OCC)OCC. The molecule has 0 unspecified atom stereocenters. The van der Waals surface area contributed by atoms with Crippen molar-refractivity contribution in [1.82, 2.24) is 0 Å². The molecule has 0 bridgehead atoms. The van der Waals surface area contributed by atoms with Gasteiger partial charge in [0, 0.05) is 5.82 Å². The van der Waals surface area contributed by atoms with Gasteiger partial charge >= 0.3 is 7.60 Å². The molecular weight excluding hydrogens is 231 g/mol. The van der Waals surface area contributed by atoms with Crippen molar-refractivity contribution in [3.63, 3.8) is 0 Å². The maximum absolute atomic E-state index is 11.9. The van der Waals surface area contributed by atoms with Gasteiger partial charge in [0.1, 0.15) is 0 Å². The standard InChI is InChI=1S/C10H21O3PS/c1-4-7-9-15-10-8-14(11,12-5-2)13-6-3/h8,10H,4-7,9H2,1-3H3/b10-8+. The van der Waals surface area contributed by atoms with Crippen molar-refractivity contribution < 1.29 is 13.6 Å². The van der Waals surface area contributed by atoms with E-state index in [1.54, 1.807) is 17.6 Å². The molecule has 0 atom stereocenters. The average molecular weight is 252 g/mol. The molecule has 15 heavy (non-hydrogen) atoms. The molecule has 0 saturated carbocycles. The first-order valence-corrected chi connectivity index (χ1v) is 8.02. The number of rotatable bonds is 9. The van der Waals surface area contributed by atoms with E-state index in [0.717, 1.165) is 5.75 Å². The molecular formula is C10H21O3PS. The van der Waals surface area contributed by atoms with Crippen molar-refractivity contribution in [2.75, 3.05) is 19.0 Å². The van der Waals surface area contributed by atoms with Crippen LogP contribution < -0.4 is 0 Å². The van der Waals surface area contributed by atoms with E-state index in [9.17, 15) is 4.57 Å². The molecule has 0 rings (SSSR count). The van der Waals surface area contributed by atoms with Gasteiger partial charge in [-0.05, 0) is 31.4 Å². The largest absolute Gasteiger partial charge is 0.354 e. The van der Waals surface area contributed by atoms with Crippen molar-refractivity contribution in [3.8, 4) is 0 Å². The summed E-state index contributed by atoms with van der Waals surface area (Å²) in [7, 11) is -2.97. The lowest BCUT2D eigenvalue weighted by Crippen LogP contribution is -1.92. The first-order chi connectivity index (χ1) is 7.18. The second-order valence-electron chi connectivity index (χ2n) is 2.88. The highest BCUT2D eigenvalue weighted by Crippen LogP contribution is 2.50. The lowest BCUT2D eigenvalue weighted by molar-refractivity contribution is 0.229. The number of unbranched alkanes of at least 4 members (excludes halogenated alkanes) is 1. The lowest BCUT2D eigenvalue weighted by atomic mass is 10.4. The van der Waals surface area contributed by atoms with Gasteiger partial charge in [-0.3, -0.25) is 4.57 Å². The molecule has 0 aromatic heterocycles. The van der Waals surface area contributed by atoms with Gasteiger partial charge in [-0.15, -0.1) is 11.8 Å². The molecule has 0 aromatic rings. The van der Waals surface area contributed by atoms with Gasteiger partial charge in [-0.25, -0.2) is 0 Å². The van der Waals surface area contributed by atoms with E-state index in [0.29, 0.717) is 13.2 Å². The Labute approximate surface area is 97.1 Å². The van der Waals surface area contributed by atoms with E-state index in [1.807, 2.05) is 19.3 Å². The molecule has 0 fully saturated rings. The highest BCUT2D eigenvalue weighted by atomic mass is 32.2. The van der Waals surface area contributed by atoms with Crippen molar-refractivity contribution in [1.29, 1.82) is 0 Å². The summed E-state index contributed by atoms with van der Waals surface area (Å²) in [4.78, 5) is 0. The number of hydrogen-bond donors (Lipinski definition) is 0. The Kier molecular flexibility index (Phi) is 9.62. The first kappa shape index (κ1) is 15.2. The van der Waals surface area contributed by atoms with E-state index in [4.69, 9.17) is 9.05 Å². The van der Waals surface area contributed by atoms with Crippen LogP contribution in [0.4, 0.5) is 0 Å². The minimum Gasteiger partial charge on any atom is -0.306 e. The van der Waals surface area contributed by atoms with Gasteiger partial charge in [0.15, 0.2) is 0 Å². The molecule has 0 aliphatic heterocycles. The molecule has 0 saturated heterocycles. The fourth-order valence-corrected chi connectivity index (χ4v) is 3.39. The molecule has 0 N–H and O–H groups in total. The average Bonchev–Trinajstić information content (AvgIpc) is 2.18. The van der Waals surface area contributed by atoms with Crippen LogP contribution in [0.25, 0.3) is 0 Å². The van der Waals surface area contributed by atoms with Crippen LogP contribution in [0.2, 0.25) is 0 Å². The minimum absolute atomic E-state index is 0.404. The normalized spacial score (nSPS) is 12.5. The van der Waals surface area contributed by atoms with Crippen LogP contribution in [0.3, 0.4) is 0 Å². The van der Waals surface area contributed by atoms with Crippen molar-refractivity contribution in [2.45, 2.75) is 33.6 Å². The fourth-order valence-electron chi connectivity index (χ4n) is 0.897. The summed E-state index contributed by atoms with van der Waals surface area (Å²) >= 11 is 1.64. The molecule has 5 heteroatoms. The van der Waals surface area contributed by atoms with Gasteiger partial charge in [0.25, 0.3) is 0 Å². The third-order valence-electron chi connectivity index (χ3n) is 1.57. The van der Waals surface area contributed by atoms with Crippen molar-refractivity contribution in [3.05, 3.63) is 11.2 Å². The number of hydrogen-bond acceptors (Lipinski definition) is 4. The van der Waals surface area contributed by atoms with Crippen LogP contribution in [-0.4, -0.2) is 19.0 Å². The van der Waals surface area contributed by atoms with Gasteiger partial charge in [-0.2, -0.15) is 0 Å². The van der Waals surface area contributed by atoms with Gasteiger partial charge in [0.2, 0.25) is 0 Å². The van der Waals surface area contributed by atoms with E-state index >= 15 is 0 Å². The van der Waals surface area contributed by atoms with E-state index in [1.165, 1.54) is 12.8 Å². The van der Waals surface area contributed by atoms with Crippen LogP contribution in [0, 0.1) is 0 Å². The molecule has 0 amide bonds. The zero-order valence-electron chi connectivity index (χ0n) is 9.77. The maximum Gasteiger partial charge on any atom is 0.354 e. The summed E-state index contributed by atoms with van der Waals surface area (Å²) in [6, 6.07) is 0. The van der Waals surface area contributed by atoms with Crippen LogP contribution in [-0.2, 0) is 13.6 Å². The predicted molar refractivity (Wildman–Crippen MR) is 67.4 cm³/mol. The molecule has 0 aromatic carbocycles. The first-order valence-electron chi connectivity index (χ1n) is 5.36. The summed E-state index contributed by atoms with van der Waals surface area (Å²) in [5.74, 6) is 2.60. The quantitative estimate of drug-likeness (QED) is 0.454. The van der Waals surface area contributed by atoms with E-state index in [-0.39, 0.29) is 0 Å². The minimum atomic E-state index is -2.97. The summed E-state index contributed by atoms with van der Waals surface area (Å²) in [6.45, 7) is 6.57. The summed E-state index contributed by atoms with van der Waals surface area (Å²) in [6.07, 6.45) is 2.35. The van der Waals surface area contributed by atoms with Crippen molar-refractivity contribution >= 4 is 19.4 Å². The molecule has 0 aliphatic rings. The summed E-state index contributed by atoms with van der Waals surface area (Å²) in [5.41, 5.74) is 0. The Morgan fingerprint density at radius 3 is 2.27 bits per heavy atom. The Morgan fingerprint density at radius 1 is 1.20 bits per heavy atom. The third kappa shape index (κ3) is 8.09. The molecule has 0 spiro atoms. The summed E-state index contributed by atoms with van der Waals surface area (Å²) in [5, 5.41) is 1.82. The van der Waals surface area contributed by atoms with E-state index < -0.39 is 7.60 Å². The zero-order chi connectivity index (χ0) is 11.6. The van der Waals surface area contributed by atoms with Crippen molar-refractivity contribution in [2.24, 2.45) is 0 Å². The molecule has 0 radical (unpaired) electrons. The topological polar surface area (TPSA) is 35.5 Å². The third-order valence-corrected chi connectivity index (χ3v) is 4.38. The number of thioether (sulfide) groups is 1. The van der Waals surface area contributed by atoms with Crippen LogP contribution >= 0.6 is 19.4 Å². The summed E-state index contributed by atoms with van der Waals surface area (Å²) < 4.78 is 22.1. The Bertz CT molecular complexity index is 209. The van der Waals surface area contributed by atoms with Crippen LogP contribution in [0.15, 0.2) is 11.2 Å². The van der Waals surface area contributed by atoms with Gasteiger partial charge in [0.05, 0.1) is 13.2 Å². The highest BCUT2D eigenvalue weighted by molar-refractivity contribution is 8.02. The fraction of sp³-hybridized carbons (Fsp3) is 0.800. The molecule has 3 nitrogen and oxygen atoms in total. The van der Waals surface area contributed by atoms with Gasteiger partial charge < -0.3 is 9.05 Å². The highest BCUT2D eigenvalue weighted by Gasteiger charge is 2.18. The smallest absolute Gasteiger partial charge is 0.306 e. The molecule has 90 valence electrons. The van der Waals surface area contributed by atoms with Gasteiger partial charge in [-0.1, -0.05) is 13.3 Å². The molecule has 0 aliphatic carbocycles. The zero-order valence-corrected chi connectivity index (χ0v) is 11.5.